The molecule has 0 aliphatic heterocycles. The van der Waals surface area contributed by atoms with Crippen LogP contribution in [-0.4, -0.2) is 23.1 Å². The van der Waals surface area contributed by atoms with Crippen molar-refractivity contribution in [2.75, 3.05) is 11.2 Å². The molecule has 1 rings (SSSR count). The smallest absolute Gasteiger partial charge is 0.241 e. The highest BCUT2D eigenvalue weighted by Crippen LogP contribution is 2.15. The predicted molar refractivity (Wildman–Crippen MR) is 50.9 cm³/mol. The van der Waals surface area contributed by atoms with Crippen molar-refractivity contribution in [1.82, 2.24) is 4.98 Å². The van der Waals surface area contributed by atoms with Gasteiger partial charge in [-0.15, -0.1) is 22.9 Å². The minimum absolute atomic E-state index is 0.102. The zero-order valence-electron chi connectivity index (χ0n) is 6.54. The Labute approximate surface area is 83.9 Å². The van der Waals surface area contributed by atoms with E-state index in [4.69, 9.17) is 11.6 Å². The zero-order chi connectivity index (χ0) is 9.68. The molecule has 1 radical (unpaired) electrons. The Morgan fingerprint density at radius 1 is 1.77 bits per heavy atom. The molecule has 0 aliphatic rings. The van der Waals surface area contributed by atoms with Gasteiger partial charge >= 0.3 is 0 Å². The lowest BCUT2D eigenvalue weighted by molar-refractivity contribution is -0.113. The third kappa shape index (κ3) is 3.12. The van der Waals surface area contributed by atoms with Crippen LogP contribution in [0.4, 0.5) is 5.13 Å². The lowest BCUT2D eigenvalue weighted by atomic mass is 10.4. The summed E-state index contributed by atoms with van der Waals surface area (Å²) < 4.78 is 0. The topological polar surface area (TPSA) is 59.1 Å². The molecule has 0 aliphatic carbocycles. The number of rotatable bonds is 4. The van der Waals surface area contributed by atoms with E-state index in [1.165, 1.54) is 11.3 Å². The van der Waals surface area contributed by atoms with Crippen LogP contribution < -0.4 is 5.32 Å². The summed E-state index contributed by atoms with van der Waals surface area (Å²) in [6.07, 6.45) is 1.87. The fourth-order valence-corrected chi connectivity index (χ4v) is 1.47. The molecule has 0 atom stereocenters. The number of halogens is 1. The third-order valence-electron chi connectivity index (χ3n) is 1.17. The zero-order valence-corrected chi connectivity index (χ0v) is 8.11. The fourth-order valence-electron chi connectivity index (χ4n) is 0.672. The maximum atomic E-state index is 10.8. The highest BCUT2D eigenvalue weighted by Gasteiger charge is 2.04. The molecule has 0 unspecified atom stereocenters. The number of aromatic nitrogens is 1. The maximum Gasteiger partial charge on any atom is 0.241 e. The normalized spacial score (nSPS) is 9.62. The van der Waals surface area contributed by atoms with E-state index in [1.54, 1.807) is 11.7 Å². The van der Waals surface area contributed by atoms with Crippen molar-refractivity contribution in [3.05, 3.63) is 11.1 Å². The van der Waals surface area contributed by atoms with Crippen molar-refractivity contribution in [2.24, 2.45) is 0 Å². The summed E-state index contributed by atoms with van der Waals surface area (Å²) in [6, 6.07) is 0. The summed E-state index contributed by atoms with van der Waals surface area (Å²) in [6.45, 7) is 0. The van der Waals surface area contributed by atoms with Crippen molar-refractivity contribution in [3.8, 4) is 0 Å². The van der Waals surface area contributed by atoms with Crippen molar-refractivity contribution in [3.63, 3.8) is 0 Å². The highest BCUT2D eigenvalue weighted by atomic mass is 35.5. The molecule has 13 heavy (non-hydrogen) atoms. The minimum atomic E-state index is -0.308. The molecule has 6 heteroatoms. The summed E-state index contributed by atoms with van der Waals surface area (Å²) >= 11 is 6.52. The molecule has 0 bridgehead atoms. The Balaban J connectivity index is 2.58. The largest absolute Gasteiger partial charge is 0.301 e. The standard InChI is InChI=1S/C7H6ClN2O2S/c8-3-6(12)10-7-9-5(1-2-11)4-13-7/h4H,1,3H2,(H,9,10,12). The van der Waals surface area contributed by atoms with E-state index in [0.717, 1.165) is 0 Å². The van der Waals surface area contributed by atoms with Crippen molar-refractivity contribution in [2.45, 2.75) is 6.42 Å². The molecule has 1 N–H and O–H groups in total. The number of carbonyl (C=O) groups excluding carboxylic acids is 2. The Morgan fingerprint density at radius 3 is 3.15 bits per heavy atom. The summed E-state index contributed by atoms with van der Waals surface area (Å²) in [5, 5.41) is 4.62. The number of amides is 1. The van der Waals surface area contributed by atoms with Gasteiger partial charge in [-0.25, -0.2) is 4.98 Å². The van der Waals surface area contributed by atoms with Gasteiger partial charge in [-0.2, -0.15) is 0 Å². The Hall–Kier alpha value is -0.940. The molecule has 0 spiro atoms. The van der Waals surface area contributed by atoms with Gasteiger partial charge in [0, 0.05) is 5.38 Å². The van der Waals surface area contributed by atoms with Crippen LogP contribution in [0.5, 0.6) is 0 Å². The van der Waals surface area contributed by atoms with Crippen LogP contribution in [0.2, 0.25) is 0 Å². The summed E-state index contributed by atoms with van der Waals surface area (Å²) in [7, 11) is 0. The van der Waals surface area contributed by atoms with E-state index >= 15 is 0 Å². The monoisotopic (exact) mass is 217 g/mol. The number of alkyl halides is 1. The maximum absolute atomic E-state index is 10.8. The van der Waals surface area contributed by atoms with E-state index < -0.39 is 0 Å². The van der Waals surface area contributed by atoms with Crippen LogP contribution in [0.3, 0.4) is 0 Å². The quantitative estimate of drug-likeness (QED) is 0.765. The Kier molecular flexibility index (Phi) is 3.85. The molecule has 4 nitrogen and oxygen atoms in total. The molecule has 0 saturated heterocycles. The van der Waals surface area contributed by atoms with Crippen molar-refractivity contribution < 1.29 is 9.59 Å². The van der Waals surface area contributed by atoms with Gasteiger partial charge in [-0.1, -0.05) is 0 Å². The second-order valence-corrected chi connectivity index (χ2v) is 3.27. The Morgan fingerprint density at radius 2 is 2.54 bits per heavy atom. The number of nitrogens with zero attached hydrogens (tertiary/aromatic N) is 1. The SMILES string of the molecule is O=[C]Cc1csc(NC(=O)CCl)n1. The van der Waals surface area contributed by atoms with Gasteiger partial charge in [0.2, 0.25) is 12.2 Å². The van der Waals surface area contributed by atoms with Gasteiger partial charge in [0.25, 0.3) is 0 Å². The van der Waals surface area contributed by atoms with E-state index in [2.05, 4.69) is 10.3 Å². The summed E-state index contributed by atoms with van der Waals surface area (Å²) in [5.41, 5.74) is 0.602. The van der Waals surface area contributed by atoms with Gasteiger partial charge in [0.1, 0.15) is 5.88 Å². The summed E-state index contributed by atoms with van der Waals surface area (Å²) in [4.78, 5) is 24.7. The molecule has 1 amide bonds. The van der Waals surface area contributed by atoms with Crippen LogP contribution in [-0.2, 0) is 16.0 Å². The molecule has 0 fully saturated rings. The third-order valence-corrected chi connectivity index (χ3v) is 2.22. The van der Waals surface area contributed by atoms with Crippen LogP contribution in [0.25, 0.3) is 0 Å². The molecule has 0 aromatic carbocycles. The average molecular weight is 218 g/mol. The number of thiazole rings is 1. The van der Waals surface area contributed by atoms with Gasteiger partial charge in [-0.05, 0) is 0 Å². The minimum Gasteiger partial charge on any atom is -0.301 e. The Bertz CT molecular complexity index is 313. The molecule has 0 saturated carbocycles. The predicted octanol–water partition coefficient (Wildman–Crippen LogP) is 0.973. The number of hydrogen-bond acceptors (Lipinski definition) is 4. The van der Waals surface area contributed by atoms with E-state index in [0.29, 0.717) is 10.8 Å². The average Bonchev–Trinajstić information content (AvgIpc) is 2.53. The first-order valence-electron chi connectivity index (χ1n) is 3.41. The number of nitrogens with one attached hydrogen (secondary N) is 1. The number of carbonyl (C=O) groups is 1. The molecule has 1 aromatic heterocycles. The van der Waals surface area contributed by atoms with Crippen LogP contribution in [0.15, 0.2) is 5.38 Å². The number of hydrogen-bond donors (Lipinski definition) is 1. The van der Waals surface area contributed by atoms with Crippen LogP contribution in [0, 0.1) is 0 Å². The van der Waals surface area contributed by atoms with Gasteiger partial charge in [-0.3, -0.25) is 9.59 Å². The lowest BCUT2D eigenvalue weighted by Crippen LogP contribution is -2.12. The van der Waals surface area contributed by atoms with E-state index in [9.17, 15) is 9.59 Å². The van der Waals surface area contributed by atoms with Gasteiger partial charge in [0.05, 0.1) is 12.1 Å². The summed E-state index contributed by atoms with van der Waals surface area (Å²) in [5.74, 6) is -0.410. The van der Waals surface area contributed by atoms with Gasteiger partial charge < -0.3 is 5.32 Å². The van der Waals surface area contributed by atoms with Crippen molar-refractivity contribution in [1.29, 1.82) is 0 Å². The highest BCUT2D eigenvalue weighted by molar-refractivity contribution is 7.13. The first-order chi connectivity index (χ1) is 6.26. The molecule has 1 aromatic rings. The molecule has 69 valence electrons. The van der Waals surface area contributed by atoms with E-state index in [-0.39, 0.29) is 18.2 Å². The van der Waals surface area contributed by atoms with E-state index in [1.807, 2.05) is 0 Å². The van der Waals surface area contributed by atoms with Crippen LogP contribution >= 0.6 is 22.9 Å². The second kappa shape index (κ2) is 4.94. The van der Waals surface area contributed by atoms with Crippen molar-refractivity contribution >= 4 is 40.3 Å². The molecular weight excluding hydrogens is 212 g/mol. The molecular formula is C7H6ClN2O2S. The van der Waals surface area contributed by atoms with Crippen LogP contribution in [0.1, 0.15) is 5.69 Å². The van der Waals surface area contributed by atoms with Gasteiger partial charge in [0.15, 0.2) is 5.13 Å². The number of anilines is 1. The lowest BCUT2D eigenvalue weighted by Gasteiger charge is -1.94. The fraction of sp³-hybridized carbons (Fsp3) is 0.286. The first-order valence-corrected chi connectivity index (χ1v) is 4.83. The molecule has 1 heterocycles. The second-order valence-electron chi connectivity index (χ2n) is 2.15. The first kappa shape index (κ1) is 10.1.